The summed E-state index contributed by atoms with van der Waals surface area (Å²) in [7, 11) is 0. The molecular weight excluding hydrogens is 422 g/mol. The van der Waals surface area contributed by atoms with E-state index in [-0.39, 0.29) is 5.70 Å². The highest BCUT2D eigenvalue weighted by Gasteiger charge is 2.35. The van der Waals surface area contributed by atoms with Crippen molar-refractivity contribution in [3.8, 4) is 5.69 Å². The standard InChI is InChI=1S/C26H26ClN3O2/c1-4-5-7-19-10-12-22(13-11-19)29-17(2)14-20(18(29)3)15-24-25(31)30(26(32)28-24)23-9-6-8-21(27)16-23/h6,8-16H,4-5,7H2,1-3H3,(H,28,32)/b24-15-. The molecule has 0 spiro atoms. The fourth-order valence-corrected chi connectivity index (χ4v) is 4.25. The van der Waals surface area contributed by atoms with Gasteiger partial charge in [0.1, 0.15) is 5.70 Å². The van der Waals surface area contributed by atoms with Gasteiger partial charge < -0.3 is 9.88 Å². The normalized spacial score (nSPS) is 15.0. The van der Waals surface area contributed by atoms with Crippen LogP contribution in [0, 0.1) is 13.8 Å². The minimum absolute atomic E-state index is 0.241. The number of unbranched alkanes of at least 4 members (excludes halogenated alkanes) is 1. The number of nitrogens with zero attached hydrogens (tertiary/aromatic N) is 2. The van der Waals surface area contributed by atoms with Gasteiger partial charge >= 0.3 is 6.03 Å². The van der Waals surface area contributed by atoms with Crippen LogP contribution in [0.4, 0.5) is 10.5 Å². The third kappa shape index (κ3) is 4.21. The zero-order valence-electron chi connectivity index (χ0n) is 18.5. The summed E-state index contributed by atoms with van der Waals surface area (Å²) in [6.07, 6.45) is 5.19. The first-order valence-electron chi connectivity index (χ1n) is 10.8. The zero-order chi connectivity index (χ0) is 22.8. The van der Waals surface area contributed by atoms with Crippen molar-refractivity contribution in [2.75, 3.05) is 4.90 Å². The smallest absolute Gasteiger partial charge is 0.318 e. The molecule has 5 nitrogen and oxygen atoms in total. The Kier molecular flexibility index (Phi) is 6.19. The zero-order valence-corrected chi connectivity index (χ0v) is 19.2. The molecule has 1 aromatic heterocycles. The van der Waals surface area contributed by atoms with E-state index in [9.17, 15) is 9.59 Å². The molecule has 0 aliphatic carbocycles. The predicted octanol–water partition coefficient (Wildman–Crippen LogP) is 6.19. The number of carbonyl (C=O) groups is 2. The number of benzene rings is 2. The number of amides is 3. The van der Waals surface area contributed by atoms with Crippen LogP contribution in [0.3, 0.4) is 0 Å². The second-order valence-corrected chi connectivity index (χ2v) is 8.48. The number of anilines is 1. The maximum Gasteiger partial charge on any atom is 0.333 e. The molecule has 4 rings (SSSR count). The predicted molar refractivity (Wildman–Crippen MR) is 129 cm³/mol. The molecule has 3 amide bonds. The molecule has 164 valence electrons. The summed E-state index contributed by atoms with van der Waals surface area (Å²) in [5, 5.41) is 3.15. The molecule has 2 aromatic carbocycles. The summed E-state index contributed by atoms with van der Waals surface area (Å²) in [5.41, 5.74) is 6.03. The molecule has 0 saturated carbocycles. The average Bonchev–Trinajstić information content (AvgIpc) is 3.21. The molecule has 1 N–H and O–H groups in total. The lowest BCUT2D eigenvalue weighted by Crippen LogP contribution is -2.30. The SMILES string of the molecule is CCCCc1ccc(-n2c(C)cc(/C=C3\NC(=O)N(c4cccc(Cl)c4)C3=O)c2C)cc1. The maximum absolute atomic E-state index is 13.0. The summed E-state index contributed by atoms with van der Waals surface area (Å²) >= 11 is 6.03. The number of imide groups is 1. The number of nitrogens with one attached hydrogen (secondary N) is 1. The van der Waals surface area contributed by atoms with Crippen molar-refractivity contribution >= 4 is 35.3 Å². The fraction of sp³-hybridized carbons (Fsp3) is 0.231. The number of halogens is 1. The van der Waals surface area contributed by atoms with Crippen LogP contribution in [-0.4, -0.2) is 16.5 Å². The Bertz CT molecular complexity index is 1210. The third-order valence-electron chi connectivity index (χ3n) is 5.73. The molecule has 0 unspecified atom stereocenters. The van der Waals surface area contributed by atoms with Crippen LogP contribution in [0.25, 0.3) is 11.8 Å². The Morgan fingerprint density at radius 3 is 2.44 bits per heavy atom. The van der Waals surface area contributed by atoms with Crippen molar-refractivity contribution in [3.05, 3.63) is 87.8 Å². The second kappa shape index (κ2) is 9.05. The number of hydrogen-bond donors (Lipinski definition) is 1. The van der Waals surface area contributed by atoms with Crippen LogP contribution in [-0.2, 0) is 11.2 Å². The Labute approximate surface area is 193 Å². The van der Waals surface area contributed by atoms with Gasteiger partial charge in [0.05, 0.1) is 5.69 Å². The second-order valence-electron chi connectivity index (χ2n) is 8.04. The lowest BCUT2D eigenvalue weighted by molar-refractivity contribution is -0.113. The van der Waals surface area contributed by atoms with Crippen LogP contribution in [0.5, 0.6) is 0 Å². The molecule has 6 heteroatoms. The highest BCUT2D eigenvalue weighted by molar-refractivity contribution is 6.32. The van der Waals surface area contributed by atoms with Gasteiger partial charge in [-0.3, -0.25) is 4.79 Å². The van der Waals surface area contributed by atoms with Crippen molar-refractivity contribution in [3.63, 3.8) is 0 Å². The van der Waals surface area contributed by atoms with Gasteiger partial charge in [-0.2, -0.15) is 0 Å². The van der Waals surface area contributed by atoms with E-state index in [4.69, 9.17) is 11.6 Å². The van der Waals surface area contributed by atoms with Crippen molar-refractivity contribution in [2.45, 2.75) is 40.0 Å². The minimum atomic E-state index is -0.486. The first-order valence-corrected chi connectivity index (χ1v) is 11.2. The number of urea groups is 1. The molecule has 0 atom stereocenters. The van der Waals surface area contributed by atoms with E-state index in [1.54, 1.807) is 30.3 Å². The Morgan fingerprint density at radius 2 is 1.75 bits per heavy atom. The van der Waals surface area contributed by atoms with Crippen LogP contribution >= 0.6 is 11.6 Å². The highest BCUT2D eigenvalue weighted by Crippen LogP contribution is 2.27. The van der Waals surface area contributed by atoms with E-state index in [2.05, 4.69) is 41.1 Å². The lowest BCUT2D eigenvalue weighted by atomic mass is 10.1. The van der Waals surface area contributed by atoms with Crippen molar-refractivity contribution < 1.29 is 9.59 Å². The first-order chi connectivity index (χ1) is 15.4. The van der Waals surface area contributed by atoms with E-state index in [1.165, 1.54) is 18.4 Å². The first kappa shape index (κ1) is 21.9. The van der Waals surface area contributed by atoms with Gasteiger partial charge in [0.2, 0.25) is 0 Å². The van der Waals surface area contributed by atoms with Crippen LogP contribution in [0.15, 0.2) is 60.3 Å². The maximum atomic E-state index is 13.0. The van der Waals surface area contributed by atoms with Crippen molar-refractivity contribution in [1.82, 2.24) is 9.88 Å². The molecule has 3 aromatic rings. The molecule has 0 bridgehead atoms. The van der Waals surface area contributed by atoms with Gasteiger partial charge in [0.15, 0.2) is 0 Å². The molecule has 1 fully saturated rings. The Morgan fingerprint density at radius 1 is 1.00 bits per heavy atom. The van der Waals surface area contributed by atoms with Gasteiger partial charge in [-0.05, 0) is 80.3 Å². The molecule has 2 heterocycles. The molecule has 1 aliphatic rings. The summed E-state index contributed by atoms with van der Waals surface area (Å²) < 4.78 is 2.16. The largest absolute Gasteiger partial charge is 0.333 e. The minimum Gasteiger partial charge on any atom is -0.318 e. The average molecular weight is 448 g/mol. The Balaban J connectivity index is 1.63. The van der Waals surface area contributed by atoms with Gasteiger partial charge in [-0.1, -0.05) is 43.1 Å². The van der Waals surface area contributed by atoms with E-state index in [0.29, 0.717) is 10.7 Å². The molecule has 1 aliphatic heterocycles. The number of rotatable bonds is 6. The summed E-state index contributed by atoms with van der Waals surface area (Å²) in [5.74, 6) is -0.401. The number of aromatic nitrogens is 1. The topological polar surface area (TPSA) is 54.3 Å². The van der Waals surface area contributed by atoms with Crippen LogP contribution < -0.4 is 10.2 Å². The summed E-state index contributed by atoms with van der Waals surface area (Å²) in [4.78, 5) is 26.5. The van der Waals surface area contributed by atoms with Gasteiger partial charge in [0, 0.05) is 22.1 Å². The number of hydrogen-bond acceptors (Lipinski definition) is 2. The summed E-state index contributed by atoms with van der Waals surface area (Å²) in [6, 6.07) is 16.8. The van der Waals surface area contributed by atoms with E-state index in [1.807, 2.05) is 19.9 Å². The highest BCUT2D eigenvalue weighted by atomic mass is 35.5. The van der Waals surface area contributed by atoms with Crippen molar-refractivity contribution in [2.24, 2.45) is 0 Å². The monoisotopic (exact) mass is 447 g/mol. The molecule has 0 radical (unpaired) electrons. The van der Waals surface area contributed by atoms with E-state index >= 15 is 0 Å². The third-order valence-corrected chi connectivity index (χ3v) is 5.96. The summed E-state index contributed by atoms with van der Waals surface area (Å²) in [6.45, 7) is 6.25. The van der Waals surface area contributed by atoms with E-state index < -0.39 is 11.9 Å². The van der Waals surface area contributed by atoms with Crippen LogP contribution in [0.2, 0.25) is 5.02 Å². The van der Waals surface area contributed by atoms with Gasteiger partial charge in [0.25, 0.3) is 5.91 Å². The van der Waals surface area contributed by atoms with Gasteiger partial charge in [-0.25, -0.2) is 9.69 Å². The Hall–Kier alpha value is -3.31. The number of carbonyl (C=O) groups excluding carboxylic acids is 2. The quantitative estimate of drug-likeness (QED) is 0.362. The van der Waals surface area contributed by atoms with Gasteiger partial charge in [-0.15, -0.1) is 0 Å². The molecule has 1 saturated heterocycles. The lowest BCUT2D eigenvalue weighted by Gasteiger charge is -2.11. The number of aryl methyl sites for hydroxylation is 2. The fourth-order valence-electron chi connectivity index (χ4n) is 4.06. The van der Waals surface area contributed by atoms with E-state index in [0.717, 1.165) is 34.0 Å². The molecular formula is C26H26ClN3O2. The van der Waals surface area contributed by atoms with Crippen molar-refractivity contribution in [1.29, 1.82) is 0 Å². The molecule has 32 heavy (non-hydrogen) atoms. The van der Waals surface area contributed by atoms with Crippen LogP contribution in [0.1, 0.15) is 42.3 Å².